The normalized spacial score (nSPS) is 22.6. The van der Waals surface area contributed by atoms with Crippen molar-refractivity contribution in [2.45, 2.75) is 38.3 Å². The Hall–Kier alpha value is -2.19. The SMILES string of the molecule is COc1ccc(F)cc1C[NH+]1CC[NH+](CC(=O)NC(=O)NC2CCCC2)CC1. The van der Waals surface area contributed by atoms with E-state index in [1.54, 1.807) is 13.2 Å². The number of halogens is 1. The van der Waals surface area contributed by atoms with Gasteiger partial charge in [-0.3, -0.25) is 10.1 Å². The second-order valence-electron chi connectivity index (χ2n) is 7.81. The summed E-state index contributed by atoms with van der Waals surface area (Å²) in [6, 6.07) is 4.42. The number of carbonyl (C=O) groups is 2. The summed E-state index contributed by atoms with van der Waals surface area (Å²) >= 11 is 0. The molecule has 3 rings (SSSR count). The molecule has 1 saturated carbocycles. The molecule has 0 radical (unpaired) electrons. The maximum Gasteiger partial charge on any atom is 0.321 e. The lowest BCUT2D eigenvalue weighted by atomic mass is 10.1. The van der Waals surface area contributed by atoms with Crippen molar-refractivity contribution in [1.29, 1.82) is 0 Å². The monoisotopic (exact) mass is 394 g/mol. The molecule has 1 aliphatic heterocycles. The van der Waals surface area contributed by atoms with Gasteiger partial charge in [-0.1, -0.05) is 12.8 Å². The predicted molar refractivity (Wildman–Crippen MR) is 102 cm³/mol. The largest absolute Gasteiger partial charge is 0.496 e. The van der Waals surface area contributed by atoms with Gasteiger partial charge in [0.25, 0.3) is 5.91 Å². The van der Waals surface area contributed by atoms with E-state index in [2.05, 4.69) is 10.6 Å². The highest BCUT2D eigenvalue weighted by Crippen LogP contribution is 2.18. The van der Waals surface area contributed by atoms with E-state index in [1.807, 2.05) is 0 Å². The second-order valence-corrected chi connectivity index (χ2v) is 7.81. The minimum Gasteiger partial charge on any atom is -0.496 e. The molecule has 2 fully saturated rings. The van der Waals surface area contributed by atoms with Crippen LogP contribution in [0.2, 0.25) is 0 Å². The van der Waals surface area contributed by atoms with E-state index in [-0.39, 0.29) is 23.8 Å². The van der Waals surface area contributed by atoms with Crippen molar-refractivity contribution in [1.82, 2.24) is 10.6 Å². The number of amides is 3. The van der Waals surface area contributed by atoms with Crippen molar-refractivity contribution in [2.24, 2.45) is 0 Å². The van der Waals surface area contributed by atoms with Crippen molar-refractivity contribution in [2.75, 3.05) is 39.8 Å². The molecule has 154 valence electrons. The number of rotatable bonds is 6. The van der Waals surface area contributed by atoms with E-state index >= 15 is 0 Å². The third-order valence-electron chi connectivity index (χ3n) is 5.70. The lowest BCUT2D eigenvalue weighted by molar-refractivity contribution is -1.02. The van der Waals surface area contributed by atoms with E-state index < -0.39 is 0 Å². The molecular weight excluding hydrogens is 363 g/mol. The van der Waals surface area contributed by atoms with Gasteiger partial charge in [0, 0.05) is 6.04 Å². The van der Waals surface area contributed by atoms with Crippen molar-refractivity contribution < 1.29 is 28.5 Å². The van der Waals surface area contributed by atoms with Gasteiger partial charge in [0.05, 0.1) is 12.7 Å². The number of imide groups is 1. The third kappa shape index (κ3) is 5.90. The van der Waals surface area contributed by atoms with Crippen LogP contribution in [-0.2, 0) is 11.3 Å². The molecule has 3 amide bonds. The molecule has 28 heavy (non-hydrogen) atoms. The molecule has 0 unspecified atom stereocenters. The average Bonchev–Trinajstić information content (AvgIpc) is 3.16. The van der Waals surface area contributed by atoms with Gasteiger partial charge in [0.15, 0.2) is 6.54 Å². The number of hydrogen-bond donors (Lipinski definition) is 4. The molecule has 1 aromatic rings. The molecule has 0 aromatic heterocycles. The number of nitrogens with one attached hydrogen (secondary N) is 4. The number of benzene rings is 1. The standard InChI is InChI=1S/C20H29FN4O3/c1-28-18-7-6-16(21)12-15(18)13-24-8-10-25(11-9-24)14-19(26)23-20(27)22-17-4-2-3-5-17/h6-7,12,17H,2-5,8-11,13-14H2,1H3,(H2,22,23,26,27)/p+2. The van der Waals surface area contributed by atoms with E-state index in [1.165, 1.54) is 21.9 Å². The molecular formula is C20H31FN4O3+2. The van der Waals surface area contributed by atoms with E-state index in [0.29, 0.717) is 18.8 Å². The summed E-state index contributed by atoms with van der Waals surface area (Å²) in [5, 5.41) is 5.32. The highest BCUT2D eigenvalue weighted by Gasteiger charge is 2.26. The van der Waals surface area contributed by atoms with Gasteiger partial charge in [-0.25, -0.2) is 9.18 Å². The molecule has 0 atom stereocenters. The fourth-order valence-corrected chi connectivity index (χ4v) is 4.15. The maximum atomic E-state index is 13.5. The first-order valence-electron chi connectivity index (χ1n) is 10.1. The zero-order valence-electron chi connectivity index (χ0n) is 16.5. The highest BCUT2D eigenvalue weighted by molar-refractivity contribution is 5.94. The number of carbonyl (C=O) groups excluding carboxylic acids is 2. The summed E-state index contributed by atoms with van der Waals surface area (Å²) in [6.07, 6.45) is 4.26. The van der Waals surface area contributed by atoms with Gasteiger partial charge in [-0.15, -0.1) is 0 Å². The zero-order valence-corrected chi connectivity index (χ0v) is 16.5. The fourth-order valence-electron chi connectivity index (χ4n) is 4.15. The number of quaternary nitrogens is 2. The average molecular weight is 394 g/mol. The van der Waals surface area contributed by atoms with Crippen LogP contribution >= 0.6 is 0 Å². The first-order chi connectivity index (χ1) is 13.5. The van der Waals surface area contributed by atoms with Gasteiger partial charge in [0.2, 0.25) is 0 Å². The Kier molecular flexibility index (Phi) is 7.22. The predicted octanol–water partition coefficient (Wildman–Crippen LogP) is -1.11. The first-order valence-corrected chi connectivity index (χ1v) is 10.1. The van der Waals surface area contributed by atoms with Crippen LogP contribution in [0.3, 0.4) is 0 Å². The van der Waals surface area contributed by atoms with Crippen molar-refractivity contribution in [3.05, 3.63) is 29.6 Å². The lowest BCUT2D eigenvalue weighted by Crippen LogP contribution is -3.28. The van der Waals surface area contributed by atoms with Crippen LogP contribution in [0, 0.1) is 5.82 Å². The summed E-state index contributed by atoms with van der Waals surface area (Å²) in [6.45, 7) is 4.45. The minimum atomic E-state index is -0.376. The molecule has 2 aliphatic rings. The summed E-state index contributed by atoms with van der Waals surface area (Å²) in [7, 11) is 1.59. The maximum absolute atomic E-state index is 13.5. The molecule has 8 heteroatoms. The Labute approximate surface area is 165 Å². The van der Waals surface area contributed by atoms with Crippen LogP contribution in [0.4, 0.5) is 9.18 Å². The van der Waals surface area contributed by atoms with Crippen LogP contribution in [0.25, 0.3) is 0 Å². The molecule has 4 N–H and O–H groups in total. The Bertz CT molecular complexity index is 686. The minimum absolute atomic E-state index is 0.201. The quantitative estimate of drug-likeness (QED) is 0.494. The van der Waals surface area contributed by atoms with Crippen LogP contribution < -0.4 is 25.2 Å². The van der Waals surface area contributed by atoms with E-state index in [4.69, 9.17) is 4.74 Å². The molecule has 1 heterocycles. The van der Waals surface area contributed by atoms with Gasteiger partial charge in [-0.2, -0.15) is 0 Å². The number of piperazine rings is 1. The topological polar surface area (TPSA) is 76.3 Å². The van der Waals surface area contributed by atoms with Gasteiger partial charge < -0.3 is 19.9 Å². The van der Waals surface area contributed by atoms with Crippen molar-refractivity contribution in [3.63, 3.8) is 0 Å². The highest BCUT2D eigenvalue weighted by atomic mass is 19.1. The summed E-state index contributed by atoms with van der Waals surface area (Å²) in [5.74, 6) is 0.212. The molecule has 1 aromatic carbocycles. The Morgan fingerprint density at radius 1 is 1.14 bits per heavy atom. The molecule has 1 aliphatic carbocycles. The van der Waals surface area contributed by atoms with Gasteiger partial charge in [0.1, 0.15) is 44.3 Å². The Balaban J connectivity index is 1.39. The van der Waals surface area contributed by atoms with Crippen LogP contribution in [0.1, 0.15) is 31.2 Å². The van der Waals surface area contributed by atoms with Crippen molar-refractivity contribution in [3.8, 4) is 5.75 Å². The van der Waals surface area contributed by atoms with Gasteiger partial charge >= 0.3 is 6.03 Å². The molecule has 7 nitrogen and oxygen atoms in total. The summed E-state index contributed by atoms with van der Waals surface area (Å²) in [4.78, 5) is 26.5. The Morgan fingerprint density at radius 3 is 2.50 bits per heavy atom. The van der Waals surface area contributed by atoms with Crippen LogP contribution in [0.5, 0.6) is 5.75 Å². The second kappa shape index (κ2) is 9.84. The summed E-state index contributed by atoms with van der Waals surface area (Å²) in [5.41, 5.74) is 0.863. The molecule has 1 saturated heterocycles. The number of hydrogen-bond acceptors (Lipinski definition) is 3. The number of ether oxygens (including phenoxy) is 1. The molecule has 0 bridgehead atoms. The van der Waals surface area contributed by atoms with Gasteiger partial charge in [-0.05, 0) is 31.0 Å². The smallest absolute Gasteiger partial charge is 0.321 e. The lowest BCUT2D eigenvalue weighted by Gasteiger charge is -2.29. The van der Waals surface area contributed by atoms with Crippen molar-refractivity contribution >= 4 is 11.9 Å². The zero-order chi connectivity index (χ0) is 19.9. The number of urea groups is 1. The third-order valence-corrected chi connectivity index (χ3v) is 5.70. The number of methoxy groups -OCH3 is 1. The van der Waals surface area contributed by atoms with E-state index in [9.17, 15) is 14.0 Å². The fraction of sp³-hybridized carbons (Fsp3) is 0.600. The Morgan fingerprint density at radius 2 is 1.82 bits per heavy atom. The van der Waals surface area contributed by atoms with Crippen LogP contribution in [-0.4, -0.2) is 57.8 Å². The molecule has 0 spiro atoms. The first kappa shape index (κ1) is 20.5. The summed E-state index contributed by atoms with van der Waals surface area (Å²) < 4.78 is 18.9. The van der Waals surface area contributed by atoms with E-state index in [0.717, 1.165) is 57.4 Å². The van der Waals surface area contributed by atoms with Crippen LogP contribution in [0.15, 0.2) is 18.2 Å².